The molecule has 6 nitrogen and oxygen atoms in total. The number of nitrogens with zero attached hydrogens (tertiary/aromatic N) is 2. The van der Waals surface area contributed by atoms with Crippen LogP contribution in [0.15, 0.2) is 47.4 Å². The molecule has 30 heavy (non-hydrogen) atoms. The molecule has 160 valence electrons. The van der Waals surface area contributed by atoms with Crippen LogP contribution in [0.1, 0.15) is 29.5 Å². The van der Waals surface area contributed by atoms with E-state index in [1.165, 1.54) is 15.4 Å². The molecule has 1 amide bonds. The molecule has 2 aromatic rings. The molecule has 0 bridgehead atoms. The topological polar surface area (TPSA) is 66.9 Å². The number of fused-ring (bicyclic) bond motifs is 1. The Hall–Kier alpha value is -2.38. The second kappa shape index (κ2) is 8.40. The quantitative estimate of drug-likeness (QED) is 0.751. The Morgan fingerprint density at radius 3 is 2.60 bits per heavy atom. The molecule has 2 heterocycles. The zero-order valence-electron chi connectivity index (χ0n) is 17.5. The van der Waals surface area contributed by atoms with Gasteiger partial charge in [0.25, 0.3) is 0 Å². The van der Waals surface area contributed by atoms with Crippen LogP contribution in [0, 0.1) is 12.8 Å². The van der Waals surface area contributed by atoms with Crippen molar-refractivity contribution in [3.05, 3.63) is 59.2 Å². The third-order valence-corrected chi connectivity index (χ3v) is 8.04. The van der Waals surface area contributed by atoms with Crippen LogP contribution in [-0.4, -0.2) is 50.3 Å². The van der Waals surface area contributed by atoms with Gasteiger partial charge in [0, 0.05) is 26.2 Å². The van der Waals surface area contributed by atoms with E-state index in [9.17, 15) is 13.2 Å². The summed E-state index contributed by atoms with van der Waals surface area (Å²) in [6.45, 7) is 3.81. The summed E-state index contributed by atoms with van der Waals surface area (Å²) in [4.78, 5) is 15.3. The minimum Gasteiger partial charge on any atom is -0.496 e. The van der Waals surface area contributed by atoms with Crippen molar-refractivity contribution in [2.45, 2.75) is 37.6 Å². The van der Waals surface area contributed by atoms with Gasteiger partial charge in [0.2, 0.25) is 15.9 Å². The maximum absolute atomic E-state index is 13.2. The van der Waals surface area contributed by atoms with Crippen LogP contribution in [0.25, 0.3) is 0 Å². The minimum atomic E-state index is -3.65. The number of rotatable bonds is 4. The van der Waals surface area contributed by atoms with Gasteiger partial charge < -0.3 is 9.64 Å². The molecule has 0 saturated carbocycles. The highest BCUT2D eigenvalue weighted by atomic mass is 32.2. The fourth-order valence-corrected chi connectivity index (χ4v) is 6.07. The van der Waals surface area contributed by atoms with Crippen LogP contribution in [0.2, 0.25) is 0 Å². The van der Waals surface area contributed by atoms with E-state index in [1.54, 1.807) is 25.3 Å². The Labute approximate surface area is 178 Å². The average molecular weight is 429 g/mol. The lowest BCUT2D eigenvalue weighted by Gasteiger charge is -2.36. The summed E-state index contributed by atoms with van der Waals surface area (Å²) < 4.78 is 33.1. The molecule has 0 aliphatic carbocycles. The number of benzene rings is 2. The summed E-state index contributed by atoms with van der Waals surface area (Å²) >= 11 is 0. The largest absolute Gasteiger partial charge is 0.496 e. The van der Waals surface area contributed by atoms with Gasteiger partial charge in [-0.1, -0.05) is 24.3 Å². The standard InChI is InChI=1S/C23H28N2O4S/c1-17-14-21(9-10-22(17)29-2)30(27,28)25-12-5-8-20(16-25)23(26)24-13-11-18-6-3-4-7-19(18)15-24/h3-4,6-7,9-10,14,20H,5,8,11-13,15-16H2,1-2H3. The number of aryl methyl sites for hydroxylation is 1. The third-order valence-electron chi connectivity index (χ3n) is 6.18. The first-order valence-electron chi connectivity index (χ1n) is 10.4. The van der Waals surface area contributed by atoms with Crippen molar-refractivity contribution in [1.29, 1.82) is 0 Å². The zero-order chi connectivity index (χ0) is 21.3. The molecule has 0 radical (unpaired) electrons. The first kappa shape index (κ1) is 20.9. The highest BCUT2D eigenvalue weighted by molar-refractivity contribution is 7.89. The van der Waals surface area contributed by atoms with Crippen molar-refractivity contribution in [3.63, 3.8) is 0 Å². The number of amides is 1. The Morgan fingerprint density at radius 2 is 1.87 bits per heavy atom. The zero-order valence-corrected chi connectivity index (χ0v) is 18.3. The normalized spacial score (nSPS) is 19.9. The van der Waals surface area contributed by atoms with Gasteiger partial charge >= 0.3 is 0 Å². The monoisotopic (exact) mass is 428 g/mol. The molecule has 1 unspecified atom stereocenters. The van der Waals surface area contributed by atoms with Gasteiger partial charge in [-0.15, -0.1) is 0 Å². The van der Waals surface area contributed by atoms with Gasteiger partial charge in [0.1, 0.15) is 5.75 Å². The highest BCUT2D eigenvalue weighted by Gasteiger charge is 2.36. The predicted molar refractivity (Wildman–Crippen MR) is 115 cm³/mol. The molecular weight excluding hydrogens is 400 g/mol. The smallest absolute Gasteiger partial charge is 0.243 e. The molecular formula is C23H28N2O4S. The molecule has 1 fully saturated rings. The molecule has 7 heteroatoms. The third kappa shape index (κ3) is 3.96. The van der Waals surface area contributed by atoms with E-state index in [0.29, 0.717) is 31.8 Å². The van der Waals surface area contributed by atoms with Crippen LogP contribution in [-0.2, 0) is 27.8 Å². The number of piperidine rings is 1. The number of carbonyl (C=O) groups excluding carboxylic acids is 1. The fourth-order valence-electron chi connectivity index (χ4n) is 4.46. The number of methoxy groups -OCH3 is 1. The van der Waals surface area contributed by atoms with Crippen molar-refractivity contribution in [1.82, 2.24) is 9.21 Å². The van der Waals surface area contributed by atoms with E-state index in [1.807, 2.05) is 24.0 Å². The van der Waals surface area contributed by atoms with E-state index in [-0.39, 0.29) is 23.3 Å². The molecule has 1 atom stereocenters. The van der Waals surface area contributed by atoms with Gasteiger partial charge in [-0.05, 0) is 61.1 Å². The molecule has 1 saturated heterocycles. The Balaban J connectivity index is 1.49. The maximum atomic E-state index is 13.2. The molecule has 2 aliphatic heterocycles. The van der Waals surface area contributed by atoms with Crippen LogP contribution in [0.4, 0.5) is 0 Å². The van der Waals surface area contributed by atoms with Gasteiger partial charge in [0.05, 0.1) is 17.9 Å². The van der Waals surface area contributed by atoms with E-state index in [4.69, 9.17) is 4.74 Å². The summed E-state index contributed by atoms with van der Waals surface area (Å²) in [5.74, 6) is 0.430. The Bertz CT molecular complexity index is 1050. The van der Waals surface area contributed by atoms with E-state index in [0.717, 1.165) is 18.4 Å². The minimum absolute atomic E-state index is 0.0651. The van der Waals surface area contributed by atoms with Crippen LogP contribution in [0.5, 0.6) is 5.75 Å². The van der Waals surface area contributed by atoms with E-state index < -0.39 is 10.0 Å². The van der Waals surface area contributed by atoms with Gasteiger partial charge in [-0.3, -0.25) is 4.79 Å². The van der Waals surface area contributed by atoms with Crippen LogP contribution < -0.4 is 4.74 Å². The van der Waals surface area contributed by atoms with Crippen molar-refractivity contribution in [3.8, 4) is 5.75 Å². The lowest BCUT2D eigenvalue weighted by atomic mass is 9.95. The van der Waals surface area contributed by atoms with Crippen molar-refractivity contribution in [2.24, 2.45) is 5.92 Å². The SMILES string of the molecule is COc1ccc(S(=O)(=O)N2CCCC(C(=O)N3CCc4ccccc4C3)C2)cc1C. The summed E-state index contributed by atoms with van der Waals surface area (Å²) in [5, 5.41) is 0. The number of carbonyl (C=O) groups is 1. The van der Waals surface area contributed by atoms with Gasteiger partial charge in [-0.2, -0.15) is 4.31 Å². The van der Waals surface area contributed by atoms with E-state index in [2.05, 4.69) is 12.1 Å². The molecule has 0 aromatic heterocycles. The maximum Gasteiger partial charge on any atom is 0.243 e. The fraction of sp³-hybridized carbons (Fsp3) is 0.435. The second-order valence-corrected chi connectivity index (χ2v) is 10.1. The van der Waals surface area contributed by atoms with Gasteiger partial charge in [-0.25, -0.2) is 8.42 Å². The van der Waals surface area contributed by atoms with Crippen molar-refractivity contribution < 1.29 is 17.9 Å². The van der Waals surface area contributed by atoms with Crippen molar-refractivity contribution in [2.75, 3.05) is 26.7 Å². The molecule has 0 N–H and O–H groups in total. The van der Waals surface area contributed by atoms with Gasteiger partial charge in [0.15, 0.2) is 0 Å². The molecule has 2 aromatic carbocycles. The van der Waals surface area contributed by atoms with Crippen LogP contribution in [0.3, 0.4) is 0 Å². The number of hydrogen-bond acceptors (Lipinski definition) is 4. The van der Waals surface area contributed by atoms with Crippen molar-refractivity contribution >= 4 is 15.9 Å². The summed E-state index contributed by atoms with van der Waals surface area (Å²) in [5.41, 5.74) is 3.26. The second-order valence-electron chi connectivity index (χ2n) is 8.11. The first-order valence-corrected chi connectivity index (χ1v) is 11.8. The number of hydrogen-bond donors (Lipinski definition) is 0. The predicted octanol–water partition coefficient (Wildman–Crippen LogP) is 2.99. The molecule has 2 aliphatic rings. The van der Waals surface area contributed by atoms with E-state index >= 15 is 0 Å². The van der Waals surface area contributed by atoms with Crippen LogP contribution >= 0.6 is 0 Å². The number of sulfonamides is 1. The highest BCUT2D eigenvalue weighted by Crippen LogP contribution is 2.29. The lowest BCUT2D eigenvalue weighted by Crippen LogP contribution is -2.47. The Kier molecular flexibility index (Phi) is 5.84. The average Bonchev–Trinajstić information content (AvgIpc) is 2.78. The molecule has 4 rings (SSSR count). The molecule has 0 spiro atoms. The number of ether oxygens (including phenoxy) is 1. The summed E-state index contributed by atoms with van der Waals surface area (Å²) in [6.07, 6.45) is 2.27. The summed E-state index contributed by atoms with van der Waals surface area (Å²) in [7, 11) is -2.08. The Morgan fingerprint density at radius 1 is 1.10 bits per heavy atom. The summed E-state index contributed by atoms with van der Waals surface area (Å²) in [6, 6.07) is 13.1. The lowest BCUT2D eigenvalue weighted by molar-refractivity contribution is -0.137. The first-order chi connectivity index (χ1) is 14.4.